The van der Waals surface area contributed by atoms with E-state index in [1.165, 1.54) is 0 Å². The largest absolute Gasteiger partial charge is 0.439 e. The van der Waals surface area contributed by atoms with Gasteiger partial charge in [0, 0.05) is 41.9 Å². The maximum absolute atomic E-state index is 12.9. The van der Waals surface area contributed by atoms with E-state index in [0.29, 0.717) is 36.2 Å². The standard InChI is InChI=1S/C23H20BrN5O2/c24-18-4-3-5-19(14-18)31-21-8-7-17(15-25-21)23(30)28-12-9-16(10-13-28)22-27-26-20-6-1-2-11-29(20)22/h1-8,11,14-16H,9-10,12-13H2. The normalized spacial score (nSPS) is 14.7. The van der Waals surface area contributed by atoms with Gasteiger partial charge in [-0.25, -0.2) is 4.98 Å². The Kier molecular flexibility index (Phi) is 5.38. The van der Waals surface area contributed by atoms with Crippen LogP contribution in [-0.2, 0) is 0 Å². The second-order valence-electron chi connectivity index (χ2n) is 7.50. The van der Waals surface area contributed by atoms with Gasteiger partial charge in [-0.2, -0.15) is 0 Å². The quantitative estimate of drug-likeness (QED) is 0.425. The lowest BCUT2D eigenvalue weighted by molar-refractivity contribution is 0.0710. The fourth-order valence-corrected chi connectivity index (χ4v) is 4.26. The first-order valence-electron chi connectivity index (χ1n) is 10.2. The summed E-state index contributed by atoms with van der Waals surface area (Å²) in [6, 6.07) is 16.9. The molecule has 156 valence electrons. The summed E-state index contributed by atoms with van der Waals surface area (Å²) in [5.74, 6) is 2.39. The van der Waals surface area contributed by atoms with Crippen molar-refractivity contribution in [2.75, 3.05) is 13.1 Å². The Bertz CT molecular complexity index is 1220. The van der Waals surface area contributed by atoms with Crippen LogP contribution in [0.3, 0.4) is 0 Å². The molecule has 1 amide bonds. The molecule has 4 aromatic rings. The summed E-state index contributed by atoms with van der Waals surface area (Å²) in [4.78, 5) is 19.1. The van der Waals surface area contributed by atoms with Crippen LogP contribution in [0.5, 0.6) is 11.6 Å². The molecule has 1 aliphatic rings. The fraction of sp³-hybridized carbons (Fsp3) is 0.217. The van der Waals surface area contributed by atoms with E-state index in [1.54, 1.807) is 18.3 Å². The highest BCUT2D eigenvalue weighted by atomic mass is 79.9. The average molecular weight is 478 g/mol. The topological polar surface area (TPSA) is 72.6 Å². The number of fused-ring (bicyclic) bond motifs is 1. The highest BCUT2D eigenvalue weighted by Crippen LogP contribution is 2.28. The molecule has 4 heterocycles. The molecule has 7 nitrogen and oxygen atoms in total. The lowest BCUT2D eigenvalue weighted by Gasteiger charge is -2.31. The fourth-order valence-electron chi connectivity index (χ4n) is 3.88. The molecule has 3 aromatic heterocycles. The summed E-state index contributed by atoms with van der Waals surface area (Å²) in [5, 5.41) is 8.63. The second kappa shape index (κ2) is 8.47. The first kappa shape index (κ1) is 19.7. The van der Waals surface area contributed by atoms with Crippen LogP contribution in [0.15, 0.2) is 71.5 Å². The minimum Gasteiger partial charge on any atom is -0.439 e. The van der Waals surface area contributed by atoms with Gasteiger partial charge >= 0.3 is 0 Å². The number of ether oxygens (including phenoxy) is 1. The number of amides is 1. The summed E-state index contributed by atoms with van der Waals surface area (Å²) >= 11 is 3.42. The van der Waals surface area contributed by atoms with Gasteiger partial charge in [0.15, 0.2) is 5.65 Å². The third kappa shape index (κ3) is 4.16. The third-order valence-electron chi connectivity index (χ3n) is 5.49. The van der Waals surface area contributed by atoms with Crippen molar-refractivity contribution in [2.24, 2.45) is 0 Å². The van der Waals surface area contributed by atoms with Gasteiger partial charge in [-0.05, 0) is 49.2 Å². The number of carbonyl (C=O) groups is 1. The van der Waals surface area contributed by atoms with Gasteiger partial charge in [0.25, 0.3) is 5.91 Å². The molecule has 1 saturated heterocycles. The van der Waals surface area contributed by atoms with Crippen LogP contribution < -0.4 is 4.74 Å². The zero-order chi connectivity index (χ0) is 21.2. The van der Waals surface area contributed by atoms with Crippen LogP contribution in [0.2, 0.25) is 0 Å². The highest BCUT2D eigenvalue weighted by molar-refractivity contribution is 9.10. The number of aromatic nitrogens is 4. The number of rotatable bonds is 4. The number of nitrogens with zero attached hydrogens (tertiary/aromatic N) is 5. The molecule has 0 radical (unpaired) electrons. The van der Waals surface area contributed by atoms with E-state index in [-0.39, 0.29) is 5.91 Å². The first-order valence-corrected chi connectivity index (χ1v) is 10.9. The number of halogens is 1. The summed E-state index contributed by atoms with van der Waals surface area (Å²) < 4.78 is 8.72. The van der Waals surface area contributed by atoms with Crippen molar-refractivity contribution in [1.82, 2.24) is 24.5 Å². The van der Waals surface area contributed by atoms with E-state index < -0.39 is 0 Å². The molecule has 0 aliphatic carbocycles. The number of hydrogen-bond acceptors (Lipinski definition) is 5. The predicted octanol–water partition coefficient (Wildman–Crippen LogP) is 4.70. The van der Waals surface area contributed by atoms with Gasteiger partial charge in [0.2, 0.25) is 5.88 Å². The summed E-state index contributed by atoms with van der Waals surface area (Å²) in [6.45, 7) is 1.36. The van der Waals surface area contributed by atoms with E-state index in [9.17, 15) is 4.79 Å². The zero-order valence-corrected chi connectivity index (χ0v) is 18.3. The van der Waals surface area contributed by atoms with Gasteiger partial charge < -0.3 is 9.64 Å². The molecule has 0 N–H and O–H groups in total. The average Bonchev–Trinajstić information content (AvgIpc) is 3.24. The Labute approximate surface area is 187 Å². The van der Waals surface area contributed by atoms with Gasteiger partial charge in [-0.3, -0.25) is 9.20 Å². The van der Waals surface area contributed by atoms with Crippen LogP contribution in [0.4, 0.5) is 0 Å². The molecular formula is C23H20BrN5O2. The maximum atomic E-state index is 12.9. The molecule has 0 unspecified atom stereocenters. The lowest BCUT2D eigenvalue weighted by Crippen LogP contribution is -2.38. The van der Waals surface area contributed by atoms with Crippen molar-refractivity contribution < 1.29 is 9.53 Å². The van der Waals surface area contributed by atoms with E-state index in [4.69, 9.17) is 4.74 Å². The molecule has 0 bridgehead atoms. The third-order valence-corrected chi connectivity index (χ3v) is 5.98. The van der Waals surface area contributed by atoms with Crippen LogP contribution in [0, 0.1) is 0 Å². The Balaban J connectivity index is 1.22. The number of piperidine rings is 1. The Morgan fingerprint density at radius 3 is 2.68 bits per heavy atom. The molecule has 1 aliphatic heterocycles. The SMILES string of the molecule is O=C(c1ccc(Oc2cccc(Br)c2)nc1)N1CCC(c2nnc3ccccn23)CC1. The molecule has 1 aromatic carbocycles. The Hall–Kier alpha value is -3.26. The summed E-state index contributed by atoms with van der Waals surface area (Å²) in [6.07, 6.45) is 5.29. The number of likely N-dealkylation sites (tertiary alicyclic amines) is 1. The van der Waals surface area contributed by atoms with Crippen LogP contribution in [-0.4, -0.2) is 43.5 Å². The Morgan fingerprint density at radius 2 is 1.90 bits per heavy atom. The van der Waals surface area contributed by atoms with Crippen molar-refractivity contribution in [2.45, 2.75) is 18.8 Å². The summed E-state index contributed by atoms with van der Waals surface area (Å²) in [5.41, 5.74) is 1.42. The maximum Gasteiger partial charge on any atom is 0.255 e. The number of benzene rings is 1. The minimum absolute atomic E-state index is 0.00828. The molecule has 0 spiro atoms. The van der Waals surface area contributed by atoms with E-state index in [2.05, 4.69) is 31.1 Å². The van der Waals surface area contributed by atoms with Crippen molar-refractivity contribution >= 4 is 27.5 Å². The molecule has 0 atom stereocenters. The van der Waals surface area contributed by atoms with Crippen LogP contribution >= 0.6 is 15.9 Å². The first-order chi connectivity index (χ1) is 15.2. The molecule has 31 heavy (non-hydrogen) atoms. The van der Waals surface area contributed by atoms with Crippen molar-refractivity contribution in [3.8, 4) is 11.6 Å². The van der Waals surface area contributed by atoms with Crippen molar-refractivity contribution in [1.29, 1.82) is 0 Å². The van der Waals surface area contributed by atoms with Gasteiger partial charge in [-0.1, -0.05) is 28.1 Å². The van der Waals surface area contributed by atoms with Gasteiger partial charge in [-0.15, -0.1) is 10.2 Å². The van der Waals surface area contributed by atoms with Gasteiger partial charge in [0.1, 0.15) is 11.6 Å². The van der Waals surface area contributed by atoms with Crippen LogP contribution in [0.25, 0.3) is 5.65 Å². The number of carbonyl (C=O) groups excluding carboxylic acids is 1. The van der Waals surface area contributed by atoms with E-state index in [0.717, 1.165) is 28.8 Å². The summed E-state index contributed by atoms with van der Waals surface area (Å²) in [7, 11) is 0. The predicted molar refractivity (Wildman–Crippen MR) is 119 cm³/mol. The van der Waals surface area contributed by atoms with Crippen molar-refractivity contribution in [3.63, 3.8) is 0 Å². The highest BCUT2D eigenvalue weighted by Gasteiger charge is 2.27. The number of hydrogen-bond donors (Lipinski definition) is 0. The molecule has 5 rings (SSSR count). The second-order valence-corrected chi connectivity index (χ2v) is 8.41. The molecule has 1 fully saturated rings. The van der Waals surface area contributed by atoms with Crippen molar-refractivity contribution in [3.05, 3.63) is 82.9 Å². The van der Waals surface area contributed by atoms with Crippen LogP contribution in [0.1, 0.15) is 34.9 Å². The molecule has 0 saturated carbocycles. The molecular weight excluding hydrogens is 458 g/mol. The smallest absolute Gasteiger partial charge is 0.255 e. The van der Waals surface area contributed by atoms with Gasteiger partial charge in [0.05, 0.1) is 5.56 Å². The van der Waals surface area contributed by atoms with E-state index in [1.807, 2.05) is 58.0 Å². The Morgan fingerprint density at radius 1 is 1.03 bits per heavy atom. The zero-order valence-electron chi connectivity index (χ0n) is 16.7. The minimum atomic E-state index is -0.00828. The number of pyridine rings is 2. The monoisotopic (exact) mass is 477 g/mol. The van der Waals surface area contributed by atoms with E-state index >= 15 is 0 Å². The lowest BCUT2D eigenvalue weighted by atomic mass is 9.95. The molecule has 8 heteroatoms.